The van der Waals surface area contributed by atoms with E-state index in [1.165, 1.54) is 6.42 Å². The predicted octanol–water partition coefficient (Wildman–Crippen LogP) is 0.720. The zero-order chi connectivity index (χ0) is 15.9. The molecule has 0 aromatic carbocycles. The molecule has 21 heavy (non-hydrogen) atoms. The van der Waals surface area contributed by atoms with Gasteiger partial charge in [-0.05, 0) is 12.8 Å². The number of carbonyl (C=O) groups is 2. The molecule has 0 aliphatic heterocycles. The molecular weight excluding hydrogens is 294 g/mol. The Morgan fingerprint density at radius 1 is 1.14 bits per heavy atom. The molecule has 8 heteroatoms. The maximum Gasteiger partial charge on any atom is 0.315 e. The Bertz CT molecular complexity index is 456. The van der Waals surface area contributed by atoms with E-state index < -0.39 is 21.8 Å². The normalized spacial score (nSPS) is 16.5. The van der Waals surface area contributed by atoms with E-state index in [9.17, 15) is 18.0 Å². The van der Waals surface area contributed by atoms with Gasteiger partial charge in [-0.15, -0.1) is 0 Å². The number of amides is 3. The van der Waals surface area contributed by atoms with Crippen LogP contribution in [0.5, 0.6) is 0 Å². The third-order valence-corrected chi connectivity index (χ3v) is 4.63. The number of urea groups is 1. The van der Waals surface area contributed by atoms with E-state index in [1.807, 2.05) is 4.72 Å². The Kier molecular flexibility index (Phi) is 6.94. The molecular formula is C13H25N3O4S. The van der Waals surface area contributed by atoms with Crippen molar-refractivity contribution < 1.29 is 18.0 Å². The SMILES string of the molecule is CC(C)C(=O)NS(=O)(=O)CCNC(=O)NC1CCCCC1. The molecule has 0 aromatic rings. The number of sulfonamides is 1. The summed E-state index contributed by atoms with van der Waals surface area (Å²) in [7, 11) is -3.70. The number of hydrogen-bond acceptors (Lipinski definition) is 4. The summed E-state index contributed by atoms with van der Waals surface area (Å²) in [5.74, 6) is -1.26. The van der Waals surface area contributed by atoms with Crippen LogP contribution in [0.2, 0.25) is 0 Å². The fraction of sp³-hybridized carbons (Fsp3) is 0.846. The highest BCUT2D eigenvalue weighted by molar-refractivity contribution is 7.90. The fourth-order valence-electron chi connectivity index (χ4n) is 2.10. The Morgan fingerprint density at radius 3 is 2.33 bits per heavy atom. The maximum absolute atomic E-state index is 11.6. The summed E-state index contributed by atoms with van der Waals surface area (Å²) in [6.07, 6.45) is 5.36. The molecule has 1 fully saturated rings. The van der Waals surface area contributed by atoms with Crippen molar-refractivity contribution in [3.05, 3.63) is 0 Å². The van der Waals surface area contributed by atoms with Gasteiger partial charge in [-0.1, -0.05) is 33.1 Å². The van der Waals surface area contributed by atoms with Gasteiger partial charge in [-0.25, -0.2) is 13.2 Å². The minimum Gasteiger partial charge on any atom is -0.337 e. The quantitative estimate of drug-likeness (QED) is 0.671. The Hall–Kier alpha value is -1.31. The Labute approximate surface area is 126 Å². The van der Waals surface area contributed by atoms with Gasteiger partial charge in [0.05, 0.1) is 5.75 Å². The van der Waals surface area contributed by atoms with Crippen molar-refractivity contribution in [3.8, 4) is 0 Å². The minimum atomic E-state index is -3.70. The van der Waals surface area contributed by atoms with Crippen LogP contribution in [0.3, 0.4) is 0 Å². The summed E-state index contributed by atoms with van der Waals surface area (Å²) >= 11 is 0. The minimum absolute atomic E-state index is 0.0285. The van der Waals surface area contributed by atoms with E-state index in [-0.39, 0.29) is 24.4 Å². The topological polar surface area (TPSA) is 104 Å². The van der Waals surface area contributed by atoms with Crippen molar-refractivity contribution in [1.29, 1.82) is 0 Å². The molecule has 0 aromatic heterocycles. The van der Waals surface area contributed by atoms with Gasteiger partial charge < -0.3 is 10.6 Å². The highest BCUT2D eigenvalue weighted by Crippen LogP contribution is 2.16. The van der Waals surface area contributed by atoms with Crippen LogP contribution in [-0.2, 0) is 14.8 Å². The highest BCUT2D eigenvalue weighted by atomic mass is 32.2. The molecule has 3 amide bonds. The number of carbonyl (C=O) groups excluding carboxylic acids is 2. The first-order valence-electron chi connectivity index (χ1n) is 7.39. The summed E-state index contributed by atoms with van der Waals surface area (Å²) in [5, 5.41) is 5.34. The van der Waals surface area contributed by atoms with Crippen molar-refractivity contribution in [2.45, 2.75) is 52.0 Å². The molecule has 0 unspecified atom stereocenters. The summed E-state index contributed by atoms with van der Waals surface area (Å²) in [4.78, 5) is 23.0. The Balaban J connectivity index is 2.25. The average Bonchev–Trinajstić information content (AvgIpc) is 2.38. The third kappa shape index (κ3) is 7.31. The molecule has 0 spiro atoms. The predicted molar refractivity (Wildman–Crippen MR) is 80.2 cm³/mol. The smallest absolute Gasteiger partial charge is 0.315 e. The van der Waals surface area contributed by atoms with Crippen LogP contribution in [0.1, 0.15) is 46.0 Å². The second-order valence-corrected chi connectivity index (χ2v) is 7.52. The number of nitrogens with one attached hydrogen (secondary N) is 3. The van der Waals surface area contributed by atoms with Gasteiger partial charge in [0, 0.05) is 18.5 Å². The zero-order valence-corrected chi connectivity index (χ0v) is 13.5. The van der Waals surface area contributed by atoms with Crippen molar-refractivity contribution in [2.24, 2.45) is 5.92 Å². The largest absolute Gasteiger partial charge is 0.337 e. The number of rotatable bonds is 6. The monoisotopic (exact) mass is 319 g/mol. The van der Waals surface area contributed by atoms with Gasteiger partial charge in [0.1, 0.15) is 0 Å². The second-order valence-electron chi connectivity index (χ2n) is 5.68. The van der Waals surface area contributed by atoms with Crippen LogP contribution >= 0.6 is 0 Å². The second kappa shape index (κ2) is 8.21. The molecule has 1 aliphatic carbocycles. The molecule has 0 bridgehead atoms. The first kappa shape index (κ1) is 17.7. The van der Waals surface area contributed by atoms with Gasteiger partial charge >= 0.3 is 6.03 Å². The van der Waals surface area contributed by atoms with Gasteiger partial charge in [0.15, 0.2) is 0 Å². The van der Waals surface area contributed by atoms with Crippen molar-refractivity contribution in [2.75, 3.05) is 12.3 Å². The van der Waals surface area contributed by atoms with Crippen LogP contribution in [0.4, 0.5) is 4.79 Å². The first-order chi connectivity index (χ1) is 9.80. The summed E-state index contributed by atoms with van der Waals surface area (Å²) in [6, 6.07) is -0.178. The van der Waals surface area contributed by atoms with Gasteiger partial charge in [0.25, 0.3) is 0 Å². The average molecular weight is 319 g/mol. The van der Waals surface area contributed by atoms with E-state index in [4.69, 9.17) is 0 Å². The van der Waals surface area contributed by atoms with E-state index >= 15 is 0 Å². The fourth-order valence-corrected chi connectivity index (χ4v) is 3.12. The van der Waals surface area contributed by atoms with Crippen molar-refractivity contribution >= 4 is 22.0 Å². The lowest BCUT2D eigenvalue weighted by Crippen LogP contribution is -2.45. The number of hydrogen-bond donors (Lipinski definition) is 3. The zero-order valence-electron chi connectivity index (χ0n) is 12.6. The van der Waals surface area contributed by atoms with Crippen molar-refractivity contribution in [1.82, 2.24) is 15.4 Å². The summed E-state index contributed by atoms with van der Waals surface area (Å²) < 4.78 is 25.2. The third-order valence-electron chi connectivity index (χ3n) is 3.38. The molecule has 1 rings (SSSR count). The molecule has 0 atom stereocenters. The van der Waals surface area contributed by atoms with Crippen LogP contribution in [0, 0.1) is 5.92 Å². The van der Waals surface area contributed by atoms with Gasteiger partial charge in [-0.2, -0.15) is 0 Å². The molecule has 7 nitrogen and oxygen atoms in total. The van der Waals surface area contributed by atoms with Crippen LogP contribution in [-0.4, -0.2) is 38.7 Å². The molecule has 0 saturated heterocycles. The lowest BCUT2D eigenvalue weighted by molar-refractivity contribution is -0.122. The lowest BCUT2D eigenvalue weighted by Gasteiger charge is -2.22. The molecule has 122 valence electrons. The maximum atomic E-state index is 11.6. The first-order valence-corrected chi connectivity index (χ1v) is 9.04. The molecule has 0 radical (unpaired) electrons. The molecule has 1 aliphatic rings. The lowest BCUT2D eigenvalue weighted by atomic mass is 9.96. The van der Waals surface area contributed by atoms with Crippen molar-refractivity contribution in [3.63, 3.8) is 0 Å². The molecule has 1 saturated carbocycles. The highest BCUT2D eigenvalue weighted by Gasteiger charge is 2.18. The van der Waals surface area contributed by atoms with Crippen LogP contribution in [0.25, 0.3) is 0 Å². The van der Waals surface area contributed by atoms with E-state index in [1.54, 1.807) is 13.8 Å². The molecule has 0 heterocycles. The van der Waals surface area contributed by atoms with E-state index in [0.29, 0.717) is 0 Å². The van der Waals surface area contributed by atoms with Crippen LogP contribution in [0.15, 0.2) is 0 Å². The Morgan fingerprint density at radius 2 is 1.76 bits per heavy atom. The van der Waals surface area contributed by atoms with Gasteiger partial charge in [-0.3, -0.25) is 9.52 Å². The van der Waals surface area contributed by atoms with E-state index in [2.05, 4.69) is 10.6 Å². The van der Waals surface area contributed by atoms with Gasteiger partial charge in [0.2, 0.25) is 15.9 Å². The summed E-state index contributed by atoms with van der Waals surface area (Å²) in [6.45, 7) is 3.20. The van der Waals surface area contributed by atoms with E-state index in [0.717, 1.165) is 25.7 Å². The summed E-state index contributed by atoms with van der Waals surface area (Å²) in [5.41, 5.74) is 0. The molecule has 3 N–H and O–H groups in total. The van der Waals surface area contributed by atoms with Crippen LogP contribution < -0.4 is 15.4 Å². The standard InChI is InChI=1S/C13H25N3O4S/c1-10(2)12(17)16-21(19,20)9-8-14-13(18)15-11-6-4-3-5-7-11/h10-11H,3-9H2,1-2H3,(H,16,17)(H2,14,15,18).